The Morgan fingerprint density at radius 3 is 2.43 bits per heavy atom. The molecular weight excluding hydrogens is 462 g/mol. The molecule has 2 amide bonds. The predicted octanol–water partition coefficient (Wildman–Crippen LogP) is 4.05. The van der Waals surface area contributed by atoms with Crippen molar-refractivity contribution < 1.29 is 14.3 Å². The van der Waals surface area contributed by atoms with Crippen molar-refractivity contribution in [1.82, 2.24) is 15.5 Å². The lowest BCUT2D eigenvalue weighted by atomic mass is 10.0. The van der Waals surface area contributed by atoms with Gasteiger partial charge in [-0.25, -0.2) is 0 Å². The van der Waals surface area contributed by atoms with Crippen molar-refractivity contribution in [2.24, 2.45) is 0 Å². The van der Waals surface area contributed by atoms with Gasteiger partial charge in [-0.05, 0) is 42.5 Å². The number of hydrogen-bond donors (Lipinski definition) is 2. The van der Waals surface area contributed by atoms with Crippen molar-refractivity contribution in [3.63, 3.8) is 0 Å². The number of aryl methyl sites for hydroxylation is 2. The average Bonchev–Trinajstić information content (AvgIpc) is 2.90. The molecule has 4 rings (SSSR count). The highest BCUT2D eigenvalue weighted by molar-refractivity contribution is 5.77. The fraction of sp³-hybridized carbons (Fsp3) is 0.355. The average molecular weight is 500 g/mol. The lowest BCUT2D eigenvalue weighted by Crippen LogP contribution is -2.54. The smallest absolute Gasteiger partial charge is 0.223 e. The Hall–Kier alpha value is -3.64. The molecule has 1 aliphatic heterocycles. The van der Waals surface area contributed by atoms with Gasteiger partial charge >= 0.3 is 0 Å². The molecule has 0 saturated carbocycles. The number of benzene rings is 3. The first kappa shape index (κ1) is 26.4. The maximum atomic E-state index is 13.4. The summed E-state index contributed by atoms with van der Waals surface area (Å²) >= 11 is 0. The SMILES string of the molecule is CC(=O)NC(Cc1ccccc1)Oc1ccc(C)cc1CCC(=O)N1CCNCC1Cc1ccccc1. The van der Waals surface area contributed by atoms with Gasteiger partial charge in [-0.15, -0.1) is 0 Å². The Kier molecular flexibility index (Phi) is 9.33. The van der Waals surface area contributed by atoms with E-state index in [1.54, 1.807) is 0 Å². The van der Waals surface area contributed by atoms with E-state index in [0.717, 1.165) is 42.7 Å². The number of carbonyl (C=O) groups excluding carboxylic acids is 2. The van der Waals surface area contributed by atoms with E-state index in [9.17, 15) is 9.59 Å². The van der Waals surface area contributed by atoms with Crippen LogP contribution in [0.3, 0.4) is 0 Å². The van der Waals surface area contributed by atoms with Crippen LogP contribution in [0.15, 0.2) is 78.9 Å². The Labute approximate surface area is 220 Å². The largest absolute Gasteiger partial charge is 0.470 e. The van der Waals surface area contributed by atoms with E-state index < -0.39 is 6.23 Å². The molecule has 2 unspecified atom stereocenters. The van der Waals surface area contributed by atoms with Gasteiger partial charge in [-0.3, -0.25) is 9.59 Å². The summed E-state index contributed by atoms with van der Waals surface area (Å²) in [5.74, 6) is 0.722. The molecule has 1 saturated heterocycles. The van der Waals surface area contributed by atoms with E-state index >= 15 is 0 Å². The van der Waals surface area contributed by atoms with Crippen LogP contribution in [0.2, 0.25) is 0 Å². The summed E-state index contributed by atoms with van der Waals surface area (Å²) in [6.07, 6.45) is 1.88. The maximum Gasteiger partial charge on any atom is 0.223 e. The zero-order chi connectivity index (χ0) is 26.0. The van der Waals surface area contributed by atoms with E-state index in [-0.39, 0.29) is 17.9 Å². The van der Waals surface area contributed by atoms with Crippen molar-refractivity contribution in [2.75, 3.05) is 19.6 Å². The van der Waals surface area contributed by atoms with Crippen molar-refractivity contribution in [3.05, 3.63) is 101 Å². The molecule has 37 heavy (non-hydrogen) atoms. The number of nitrogens with zero attached hydrogens (tertiary/aromatic N) is 1. The zero-order valence-electron chi connectivity index (χ0n) is 21.8. The minimum absolute atomic E-state index is 0.145. The third kappa shape index (κ3) is 7.92. The van der Waals surface area contributed by atoms with E-state index in [4.69, 9.17) is 4.74 Å². The van der Waals surface area contributed by atoms with Gasteiger partial charge in [0.1, 0.15) is 5.75 Å². The van der Waals surface area contributed by atoms with Gasteiger partial charge in [0, 0.05) is 45.4 Å². The van der Waals surface area contributed by atoms with Gasteiger partial charge in [0.25, 0.3) is 0 Å². The van der Waals surface area contributed by atoms with Crippen LogP contribution in [0.5, 0.6) is 5.75 Å². The van der Waals surface area contributed by atoms with Gasteiger partial charge in [0.15, 0.2) is 6.23 Å². The fourth-order valence-corrected chi connectivity index (χ4v) is 4.89. The maximum absolute atomic E-state index is 13.4. The molecule has 3 aromatic rings. The Bertz CT molecular complexity index is 1170. The Morgan fingerprint density at radius 2 is 1.73 bits per heavy atom. The normalized spacial score (nSPS) is 16.2. The van der Waals surface area contributed by atoms with Crippen LogP contribution in [0.1, 0.15) is 35.6 Å². The van der Waals surface area contributed by atoms with Crippen LogP contribution < -0.4 is 15.4 Å². The molecular formula is C31H37N3O3. The fourth-order valence-electron chi connectivity index (χ4n) is 4.89. The lowest BCUT2D eigenvalue weighted by Gasteiger charge is -2.36. The van der Waals surface area contributed by atoms with Gasteiger partial charge in [-0.2, -0.15) is 0 Å². The topological polar surface area (TPSA) is 70.7 Å². The monoisotopic (exact) mass is 499 g/mol. The van der Waals surface area contributed by atoms with E-state index in [1.807, 2.05) is 72.5 Å². The first-order chi connectivity index (χ1) is 18.0. The molecule has 0 radical (unpaired) electrons. The van der Waals surface area contributed by atoms with Crippen molar-refractivity contribution >= 4 is 11.8 Å². The summed E-state index contributed by atoms with van der Waals surface area (Å²) in [4.78, 5) is 27.3. The van der Waals surface area contributed by atoms with Crippen LogP contribution in [0.25, 0.3) is 0 Å². The van der Waals surface area contributed by atoms with Crippen LogP contribution in [-0.2, 0) is 28.9 Å². The minimum atomic E-state index is -0.500. The van der Waals surface area contributed by atoms with Crippen LogP contribution in [0, 0.1) is 6.92 Å². The number of rotatable bonds is 10. The Morgan fingerprint density at radius 1 is 1.03 bits per heavy atom. The third-order valence-electron chi connectivity index (χ3n) is 6.71. The molecule has 1 fully saturated rings. The number of carbonyl (C=O) groups is 2. The van der Waals surface area contributed by atoms with Crippen molar-refractivity contribution in [3.8, 4) is 5.75 Å². The molecule has 3 aromatic carbocycles. The van der Waals surface area contributed by atoms with Crippen molar-refractivity contribution in [1.29, 1.82) is 0 Å². The molecule has 0 spiro atoms. The van der Waals surface area contributed by atoms with E-state index in [2.05, 4.69) is 28.8 Å². The van der Waals surface area contributed by atoms with Crippen LogP contribution in [0.4, 0.5) is 0 Å². The summed E-state index contributed by atoms with van der Waals surface area (Å²) in [6.45, 7) is 5.87. The molecule has 0 aliphatic carbocycles. The zero-order valence-corrected chi connectivity index (χ0v) is 21.8. The second kappa shape index (κ2) is 13.1. The molecule has 6 nitrogen and oxygen atoms in total. The highest BCUT2D eigenvalue weighted by Crippen LogP contribution is 2.24. The standard InChI is InChI=1S/C31H37N3O3/c1-23-13-15-29(37-30(33-24(2)35)21-26-11-7-4-8-12-26)27(19-23)14-16-31(36)34-18-17-32-22-28(34)20-25-9-5-3-6-10-25/h3-13,15,19,28,30,32H,14,16-18,20-22H2,1-2H3,(H,33,35). The van der Waals surface area contributed by atoms with Crippen LogP contribution in [-0.4, -0.2) is 48.6 Å². The van der Waals surface area contributed by atoms with Gasteiger partial charge < -0.3 is 20.3 Å². The van der Waals surface area contributed by atoms with Gasteiger partial charge in [-0.1, -0.05) is 78.4 Å². The second-order valence-corrected chi connectivity index (χ2v) is 9.74. The van der Waals surface area contributed by atoms with E-state index in [1.165, 1.54) is 12.5 Å². The highest BCUT2D eigenvalue weighted by Gasteiger charge is 2.26. The van der Waals surface area contributed by atoms with E-state index in [0.29, 0.717) is 25.0 Å². The first-order valence-electron chi connectivity index (χ1n) is 13.1. The second-order valence-electron chi connectivity index (χ2n) is 9.74. The molecule has 0 aromatic heterocycles. The molecule has 1 aliphatic rings. The van der Waals surface area contributed by atoms with Crippen molar-refractivity contribution in [2.45, 2.75) is 51.8 Å². The molecule has 0 bridgehead atoms. The number of amides is 2. The highest BCUT2D eigenvalue weighted by atomic mass is 16.5. The number of piperazine rings is 1. The molecule has 2 N–H and O–H groups in total. The summed E-state index contributed by atoms with van der Waals surface area (Å²) < 4.78 is 6.33. The van der Waals surface area contributed by atoms with Gasteiger partial charge in [0.05, 0.1) is 0 Å². The summed E-state index contributed by atoms with van der Waals surface area (Å²) in [5.41, 5.74) is 4.41. The molecule has 2 atom stereocenters. The van der Waals surface area contributed by atoms with Crippen LogP contribution >= 0.6 is 0 Å². The lowest BCUT2D eigenvalue weighted by molar-refractivity contribution is -0.134. The summed E-state index contributed by atoms with van der Waals surface area (Å²) in [6, 6.07) is 26.5. The third-order valence-corrected chi connectivity index (χ3v) is 6.71. The molecule has 194 valence electrons. The number of ether oxygens (including phenoxy) is 1. The molecule has 6 heteroatoms. The quantitative estimate of drug-likeness (QED) is 0.413. The summed E-state index contributed by atoms with van der Waals surface area (Å²) in [7, 11) is 0. The predicted molar refractivity (Wildman–Crippen MR) is 146 cm³/mol. The Balaban J connectivity index is 1.44. The molecule has 1 heterocycles. The number of hydrogen-bond acceptors (Lipinski definition) is 4. The number of nitrogens with one attached hydrogen (secondary N) is 2. The summed E-state index contributed by atoms with van der Waals surface area (Å²) in [5, 5.41) is 6.36. The minimum Gasteiger partial charge on any atom is -0.470 e. The first-order valence-corrected chi connectivity index (χ1v) is 13.1. The van der Waals surface area contributed by atoms with Gasteiger partial charge in [0.2, 0.25) is 11.8 Å².